The van der Waals surface area contributed by atoms with Crippen LogP contribution in [-0.4, -0.2) is 47.6 Å². The monoisotopic (exact) mass is 302 g/mol. The minimum Gasteiger partial charge on any atom is -0.479 e. The molecule has 0 aliphatic heterocycles. The molecule has 7 heteroatoms. The van der Waals surface area contributed by atoms with Crippen LogP contribution in [0.25, 0.3) is 0 Å². The minimum atomic E-state index is -1.05. The summed E-state index contributed by atoms with van der Waals surface area (Å²) in [6.07, 6.45) is 2.90. The normalized spacial score (nSPS) is 11.9. The van der Waals surface area contributed by atoms with Gasteiger partial charge in [0.15, 0.2) is 6.04 Å². The maximum atomic E-state index is 11.9. The second-order valence-corrected chi connectivity index (χ2v) is 5.97. The fourth-order valence-electron chi connectivity index (χ4n) is 1.49. The van der Waals surface area contributed by atoms with Gasteiger partial charge in [0.25, 0.3) is 0 Å². The summed E-state index contributed by atoms with van der Waals surface area (Å²) in [6, 6.07) is 2.14. The lowest BCUT2D eigenvalue weighted by Crippen LogP contribution is -2.42. The molecular weight excluding hydrogens is 284 g/mol. The van der Waals surface area contributed by atoms with E-state index in [-0.39, 0.29) is 6.03 Å². The van der Waals surface area contributed by atoms with Gasteiger partial charge in [0.05, 0.1) is 0 Å². The summed E-state index contributed by atoms with van der Waals surface area (Å²) in [4.78, 5) is 25.2. The third kappa shape index (κ3) is 5.12. The summed E-state index contributed by atoms with van der Waals surface area (Å²) in [5.74, 6) is -0.0708. The van der Waals surface area contributed by atoms with Gasteiger partial charge in [-0.3, -0.25) is 0 Å². The third-order valence-electron chi connectivity index (χ3n) is 2.53. The number of carbonyl (C=O) groups is 2. The zero-order valence-corrected chi connectivity index (χ0v) is 12.6. The van der Waals surface area contributed by atoms with Gasteiger partial charge in [-0.2, -0.15) is 11.8 Å². The van der Waals surface area contributed by atoms with Gasteiger partial charge in [0, 0.05) is 18.5 Å². The summed E-state index contributed by atoms with van der Waals surface area (Å²) in [6.45, 7) is 0.615. The fraction of sp³-hybridized carbons (Fsp3) is 0.500. The van der Waals surface area contributed by atoms with Gasteiger partial charge in [-0.05, 0) is 29.9 Å². The SMILES string of the molecule is CSCCCN(C)C(=O)NC(C(=O)O)c1cccs1. The summed E-state index contributed by atoms with van der Waals surface area (Å²) in [5, 5.41) is 13.5. The van der Waals surface area contributed by atoms with Gasteiger partial charge < -0.3 is 15.3 Å². The van der Waals surface area contributed by atoms with E-state index in [0.29, 0.717) is 11.4 Å². The number of hydrogen-bond acceptors (Lipinski definition) is 4. The van der Waals surface area contributed by atoms with Crippen LogP contribution >= 0.6 is 23.1 Å². The zero-order valence-electron chi connectivity index (χ0n) is 11.0. The number of carboxylic acids is 1. The van der Waals surface area contributed by atoms with Gasteiger partial charge in [-0.25, -0.2) is 9.59 Å². The fourth-order valence-corrected chi connectivity index (χ4v) is 2.68. The van der Waals surface area contributed by atoms with Gasteiger partial charge >= 0.3 is 12.0 Å². The Labute approximate surface area is 121 Å². The maximum absolute atomic E-state index is 11.9. The Morgan fingerprint density at radius 1 is 1.58 bits per heavy atom. The van der Waals surface area contributed by atoms with E-state index in [1.807, 2.05) is 6.26 Å². The standard InChI is InChI=1S/C12H18N2O3S2/c1-14(6-4-7-18-2)12(17)13-10(11(15)16)9-5-3-8-19-9/h3,5,8,10H,4,6-7H2,1-2H3,(H,13,17)(H,15,16). The average Bonchev–Trinajstić information content (AvgIpc) is 2.88. The predicted molar refractivity (Wildman–Crippen MR) is 78.9 cm³/mol. The Kier molecular flexibility index (Phi) is 6.72. The number of nitrogens with one attached hydrogen (secondary N) is 1. The van der Waals surface area contributed by atoms with E-state index in [1.165, 1.54) is 16.2 Å². The van der Waals surface area contributed by atoms with Crippen LogP contribution in [-0.2, 0) is 4.79 Å². The summed E-state index contributed by atoms with van der Waals surface area (Å²) in [7, 11) is 1.67. The predicted octanol–water partition coefficient (Wildman–Crippen LogP) is 2.27. The lowest BCUT2D eigenvalue weighted by atomic mass is 10.2. The maximum Gasteiger partial charge on any atom is 0.331 e. The molecule has 1 aromatic heterocycles. The average molecular weight is 302 g/mol. The number of carbonyl (C=O) groups excluding carboxylic acids is 1. The molecule has 1 atom stereocenters. The molecule has 0 aliphatic rings. The van der Waals surface area contributed by atoms with Crippen molar-refractivity contribution in [2.45, 2.75) is 12.5 Å². The molecule has 0 bridgehead atoms. The van der Waals surface area contributed by atoms with Gasteiger partial charge in [0.1, 0.15) is 0 Å². The highest BCUT2D eigenvalue weighted by molar-refractivity contribution is 7.98. The molecule has 1 rings (SSSR count). The van der Waals surface area contributed by atoms with Crippen LogP contribution in [0, 0.1) is 0 Å². The molecule has 1 aromatic rings. The first-order chi connectivity index (χ1) is 9.06. The van der Waals surface area contributed by atoms with Crippen LogP contribution < -0.4 is 5.32 Å². The Bertz CT molecular complexity index is 409. The number of amides is 2. The molecule has 2 N–H and O–H groups in total. The lowest BCUT2D eigenvalue weighted by molar-refractivity contribution is -0.139. The molecule has 1 unspecified atom stereocenters. The Morgan fingerprint density at radius 3 is 2.84 bits per heavy atom. The van der Waals surface area contributed by atoms with E-state index in [2.05, 4.69) is 5.32 Å². The van der Waals surface area contributed by atoms with E-state index in [4.69, 9.17) is 5.11 Å². The van der Waals surface area contributed by atoms with Gasteiger partial charge in [0.2, 0.25) is 0 Å². The van der Waals surface area contributed by atoms with E-state index in [9.17, 15) is 9.59 Å². The number of thiophene rings is 1. The van der Waals surface area contributed by atoms with Crippen LogP contribution in [0.2, 0.25) is 0 Å². The van der Waals surface area contributed by atoms with Crippen molar-refractivity contribution in [3.05, 3.63) is 22.4 Å². The molecule has 1 heterocycles. The third-order valence-corrected chi connectivity index (χ3v) is 4.17. The van der Waals surface area contributed by atoms with Crippen molar-refractivity contribution in [2.24, 2.45) is 0 Å². The van der Waals surface area contributed by atoms with Crippen molar-refractivity contribution in [3.8, 4) is 0 Å². The molecule has 0 fully saturated rings. The minimum absolute atomic E-state index is 0.359. The van der Waals surface area contributed by atoms with Crippen LogP contribution in [0.1, 0.15) is 17.3 Å². The lowest BCUT2D eigenvalue weighted by Gasteiger charge is -2.20. The summed E-state index contributed by atoms with van der Waals surface area (Å²) < 4.78 is 0. The van der Waals surface area contributed by atoms with Crippen molar-refractivity contribution in [3.63, 3.8) is 0 Å². The Morgan fingerprint density at radius 2 is 2.32 bits per heavy atom. The second-order valence-electron chi connectivity index (χ2n) is 4.00. The summed E-state index contributed by atoms with van der Waals surface area (Å²) >= 11 is 3.04. The highest BCUT2D eigenvalue weighted by atomic mass is 32.2. The molecule has 0 aromatic carbocycles. The number of rotatable bonds is 7. The van der Waals surface area contributed by atoms with Crippen LogP contribution in [0.5, 0.6) is 0 Å². The van der Waals surface area contributed by atoms with E-state index in [0.717, 1.165) is 12.2 Å². The molecule has 0 saturated heterocycles. The highest BCUT2D eigenvalue weighted by Gasteiger charge is 2.24. The number of aliphatic carboxylic acids is 1. The Balaban J connectivity index is 2.55. The largest absolute Gasteiger partial charge is 0.479 e. The molecule has 0 saturated carbocycles. The molecule has 0 spiro atoms. The van der Waals surface area contributed by atoms with Crippen molar-refractivity contribution in [1.82, 2.24) is 10.2 Å². The van der Waals surface area contributed by atoms with Crippen LogP contribution in [0.3, 0.4) is 0 Å². The van der Waals surface area contributed by atoms with Crippen molar-refractivity contribution in [1.29, 1.82) is 0 Å². The number of urea groups is 1. The molecule has 5 nitrogen and oxygen atoms in total. The number of thioether (sulfide) groups is 1. The molecule has 0 radical (unpaired) electrons. The van der Waals surface area contributed by atoms with Gasteiger partial charge in [-0.15, -0.1) is 11.3 Å². The van der Waals surface area contributed by atoms with Gasteiger partial charge in [-0.1, -0.05) is 6.07 Å². The number of hydrogen-bond donors (Lipinski definition) is 2. The second kappa shape index (κ2) is 8.06. The Hall–Kier alpha value is -1.21. The van der Waals surface area contributed by atoms with Crippen molar-refractivity contribution >= 4 is 35.1 Å². The highest BCUT2D eigenvalue weighted by Crippen LogP contribution is 2.19. The quantitative estimate of drug-likeness (QED) is 0.758. The molecule has 0 aliphatic carbocycles. The van der Waals surface area contributed by atoms with E-state index in [1.54, 1.807) is 36.3 Å². The molecular formula is C12H18N2O3S2. The molecule has 19 heavy (non-hydrogen) atoms. The zero-order chi connectivity index (χ0) is 14.3. The first kappa shape index (κ1) is 15.8. The molecule has 2 amide bonds. The van der Waals surface area contributed by atoms with E-state index >= 15 is 0 Å². The summed E-state index contributed by atoms with van der Waals surface area (Å²) in [5.41, 5.74) is 0. The first-order valence-electron chi connectivity index (χ1n) is 5.83. The van der Waals surface area contributed by atoms with Crippen molar-refractivity contribution in [2.75, 3.05) is 25.6 Å². The van der Waals surface area contributed by atoms with E-state index < -0.39 is 12.0 Å². The molecule has 106 valence electrons. The first-order valence-corrected chi connectivity index (χ1v) is 8.10. The van der Waals surface area contributed by atoms with Crippen LogP contribution in [0.4, 0.5) is 4.79 Å². The van der Waals surface area contributed by atoms with Crippen molar-refractivity contribution < 1.29 is 14.7 Å². The number of carboxylic acid groups (broad SMARTS) is 1. The topological polar surface area (TPSA) is 69.6 Å². The van der Waals surface area contributed by atoms with Crippen LogP contribution in [0.15, 0.2) is 17.5 Å². The number of nitrogens with zero attached hydrogens (tertiary/aromatic N) is 1. The smallest absolute Gasteiger partial charge is 0.331 e.